The molecule has 0 unspecified atom stereocenters. The van der Waals surface area contributed by atoms with Gasteiger partial charge in [0.15, 0.2) is 11.5 Å². The van der Waals surface area contributed by atoms with Crippen molar-refractivity contribution in [3.63, 3.8) is 0 Å². The van der Waals surface area contributed by atoms with Gasteiger partial charge in [-0.15, -0.1) is 0 Å². The van der Waals surface area contributed by atoms with Crippen LogP contribution in [0.1, 0.15) is 49.9 Å². The topological polar surface area (TPSA) is 84.9 Å². The SMILES string of the molecule is COc1cc(C(=O)N[C@H]2CC[C@@H](C(=O)O)C2)cc(Cl)c1OCCC(C)C. The van der Waals surface area contributed by atoms with E-state index in [2.05, 4.69) is 19.2 Å². The molecule has 1 aliphatic rings. The fourth-order valence-electron chi connectivity index (χ4n) is 2.99. The van der Waals surface area contributed by atoms with Crippen LogP contribution in [0.5, 0.6) is 11.5 Å². The zero-order chi connectivity index (χ0) is 19.3. The number of halogens is 1. The van der Waals surface area contributed by atoms with Crippen molar-refractivity contribution < 1.29 is 24.2 Å². The van der Waals surface area contributed by atoms with Crippen molar-refractivity contribution in [1.29, 1.82) is 0 Å². The van der Waals surface area contributed by atoms with Crippen LogP contribution in [0.25, 0.3) is 0 Å². The van der Waals surface area contributed by atoms with E-state index in [1.807, 2.05) is 0 Å². The number of aliphatic carboxylic acids is 1. The normalized spacial score (nSPS) is 19.4. The van der Waals surface area contributed by atoms with Crippen molar-refractivity contribution in [2.75, 3.05) is 13.7 Å². The Hall–Kier alpha value is -1.95. The molecule has 2 N–H and O–H groups in total. The lowest BCUT2D eigenvalue weighted by Crippen LogP contribution is -2.33. The van der Waals surface area contributed by atoms with Crippen molar-refractivity contribution in [2.24, 2.45) is 11.8 Å². The van der Waals surface area contributed by atoms with Gasteiger partial charge in [0.25, 0.3) is 5.91 Å². The van der Waals surface area contributed by atoms with Gasteiger partial charge >= 0.3 is 5.97 Å². The second kappa shape index (κ2) is 9.12. The molecule has 2 atom stereocenters. The number of carbonyl (C=O) groups excluding carboxylic acids is 1. The fourth-order valence-corrected chi connectivity index (χ4v) is 3.26. The highest BCUT2D eigenvalue weighted by molar-refractivity contribution is 6.32. The zero-order valence-corrected chi connectivity index (χ0v) is 16.1. The maximum absolute atomic E-state index is 12.5. The third-order valence-corrected chi connectivity index (χ3v) is 4.83. The van der Waals surface area contributed by atoms with Crippen molar-refractivity contribution in [3.8, 4) is 11.5 Å². The number of ether oxygens (including phenoxy) is 2. The molecule has 2 rings (SSSR count). The molecule has 7 heteroatoms. The van der Waals surface area contributed by atoms with E-state index in [-0.39, 0.29) is 11.9 Å². The molecule has 1 aromatic carbocycles. The average Bonchev–Trinajstić information content (AvgIpc) is 3.04. The van der Waals surface area contributed by atoms with E-state index in [4.69, 9.17) is 26.2 Å². The van der Waals surface area contributed by atoms with E-state index in [1.165, 1.54) is 7.11 Å². The predicted molar refractivity (Wildman–Crippen MR) is 99.2 cm³/mol. The van der Waals surface area contributed by atoms with Crippen molar-refractivity contribution >= 4 is 23.5 Å². The third-order valence-electron chi connectivity index (χ3n) is 4.55. The van der Waals surface area contributed by atoms with E-state index in [9.17, 15) is 9.59 Å². The van der Waals surface area contributed by atoms with Gasteiger partial charge in [-0.2, -0.15) is 0 Å². The van der Waals surface area contributed by atoms with Gasteiger partial charge in [-0.25, -0.2) is 0 Å². The summed E-state index contributed by atoms with van der Waals surface area (Å²) in [5.41, 5.74) is 0.363. The Balaban J connectivity index is 2.06. The van der Waals surface area contributed by atoms with E-state index < -0.39 is 11.9 Å². The molecule has 26 heavy (non-hydrogen) atoms. The van der Waals surface area contributed by atoms with Gasteiger partial charge in [0.1, 0.15) is 0 Å². The van der Waals surface area contributed by atoms with Crippen LogP contribution in [0.4, 0.5) is 0 Å². The second-order valence-corrected chi connectivity index (χ2v) is 7.45. The highest BCUT2D eigenvalue weighted by Crippen LogP contribution is 2.37. The molecule has 1 amide bonds. The van der Waals surface area contributed by atoms with Crippen LogP contribution in [0.2, 0.25) is 5.02 Å². The lowest BCUT2D eigenvalue weighted by Gasteiger charge is -2.16. The summed E-state index contributed by atoms with van der Waals surface area (Å²) < 4.78 is 11.1. The number of nitrogens with one attached hydrogen (secondary N) is 1. The van der Waals surface area contributed by atoms with Crippen molar-refractivity contribution in [1.82, 2.24) is 5.32 Å². The first kappa shape index (κ1) is 20.4. The van der Waals surface area contributed by atoms with Crippen molar-refractivity contribution in [2.45, 2.75) is 45.6 Å². The lowest BCUT2D eigenvalue weighted by atomic mass is 10.1. The molecule has 144 valence electrons. The second-order valence-electron chi connectivity index (χ2n) is 7.04. The molecular formula is C19H26ClNO5. The summed E-state index contributed by atoms with van der Waals surface area (Å²) in [5.74, 6) is -0.162. The Morgan fingerprint density at radius 2 is 2.08 bits per heavy atom. The minimum absolute atomic E-state index is 0.143. The zero-order valence-electron chi connectivity index (χ0n) is 15.4. The number of carbonyl (C=O) groups is 2. The summed E-state index contributed by atoms with van der Waals surface area (Å²) in [6.07, 6.45) is 2.56. The van der Waals surface area contributed by atoms with Crippen LogP contribution in [0.3, 0.4) is 0 Å². The van der Waals surface area contributed by atoms with Crippen LogP contribution in [0.15, 0.2) is 12.1 Å². The largest absolute Gasteiger partial charge is 0.493 e. The summed E-state index contributed by atoms with van der Waals surface area (Å²) >= 11 is 6.29. The van der Waals surface area contributed by atoms with Crippen LogP contribution in [-0.4, -0.2) is 36.7 Å². The first-order valence-electron chi connectivity index (χ1n) is 8.85. The number of hydrogen-bond donors (Lipinski definition) is 2. The fraction of sp³-hybridized carbons (Fsp3) is 0.579. The Bertz CT molecular complexity index is 662. The van der Waals surface area contributed by atoms with E-state index >= 15 is 0 Å². The summed E-state index contributed by atoms with van der Waals surface area (Å²) in [7, 11) is 1.50. The molecule has 0 spiro atoms. The molecule has 0 aromatic heterocycles. The van der Waals surface area contributed by atoms with Crippen molar-refractivity contribution in [3.05, 3.63) is 22.7 Å². The Morgan fingerprint density at radius 1 is 1.35 bits per heavy atom. The molecule has 1 aromatic rings. The summed E-state index contributed by atoms with van der Waals surface area (Å²) in [5, 5.41) is 12.3. The van der Waals surface area contributed by atoms with Gasteiger partial charge < -0.3 is 19.9 Å². The lowest BCUT2D eigenvalue weighted by molar-refractivity contribution is -0.141. The summed E-state index contributed by atoms with van der Waals surface area (Å²) in [6.45, 7) is 4.72. The maximum atomic E-state index is 12.5. The maximum Gasteiger partial charge on any atom is 0.306 e. The molecule has 0 radical (unpaired) electrons. The van der Waals surface area contributed by atoms with E-state index in [0.717, 1.165) is 6.42 Å². The van der Waals surface area contributed by atoms with Gasteiger partial charge in [-0.3, -0.25) is 9.59 Å². The monoisotopic (exact) mass is 383 g/mol. The van der Waals surface area contributed by atoms with Crippen LogP contribution in [0, 0.1) is 11.8 Å². The number of rotatable bonds is 8. The molecule has 1 aliphatic carbocycles. The number of methoxy groups -OCH3 is 1. The average molecular weight is 384 g/mol. The molecule has 6 nitrogen and oxygen atoms in total. The minimum Gasteiger partial charge on any atom is -0.493 e. The first-order chi connectivity index (χ1) is 12.3. The number of carboxylic acids is 1. The Kier molecular flexibility index (Phi) is 7.14. The van der Waals surface area contributed by atoms with Gasteiger partial charge in [-0.1, -0.05) is 25.4 Å². The van der Waals surface area contributed by atoms with Gasteiger partial charge in [0, 0.05) is 11.6 Å². The molecule has 1 saturated carbocycles. The summed E-state index contributed by atoms with van der Waals surface area (Å²) in [4.78, 5) is 23.5. The van der Waals surface area contributed by atoms with Gasteiger partial charge in [0.2, 0.25) is 0 Å². The molecule has 0 heterocycles. The predicted octanol–water partition coefficient (Wildman–Crippen LogP) is 3.76. The molecular weight excluding hydrogens is 358 g/mol. The van der Waals surface area contributed by atoms with E-state index in [1.54, 1.807) is 12.1 Å². The quantitative estimate of drug-likeness (QED) is 0.714. The minimum atomic E-state index is -0.811. The number of amides is 1. The molecule has 0 aliphatic heterocycles. The van der Waals surface area contributed by atoms with Gasteiger partial charge in [0.05, 0.1) is 24.7 Å². The highest BCUT2D eigenvalue weighted by Gasteiger charge is 2.31. The number of carboxylic acid groups (broad SMARTS) is 1. The highest BCUT2D eigenvalue weighted by atomic mass is 35.5. The Morgan fingerprint density at radius 3 is 2.65 bits per heavy atom. The third kappa shape index (κ3) is 5.27. The van der Waals surface area contributed by atoms with Crippen LogP contribution in [-0.2, 0) is 4.79 Å². The van der Waals surface area contributed by atoms with Gasteiger partial charge in [-0.05, 0) is 43.7 Å². The Labute approximate surface area is 158 Å². The summed E-state index contributed by atoms with van der Waals surface area (Å²) in [6, 6.07) is 3.00. The smallest absolute Gasteiger partial charge is 0.306 e. The molecule has 0 bridgehead atoms. The first-order valence-corrected chi connectivity index (χ1v) is 9.23. The standard InChI is InChI=1S/C19H26ClNO5/c1-11(2)6-7-26-17-15(20)9-13(10-16(17)25-3)18(22)21-14-5-4-12(8-14)19(23)24/h9-12,14H,4-8H2,1-3H3,(H,21,22)(H,23,24)/t12-,14+/m1/s1. The van der Waals surface area contributed by atoms with Crippen LogP contribution >= 0.6 is 11.6 Å². The molecule has 1 fully saturated rings. The van der Waals surface area contributed by atoms with Crippen LogP contribution < -0.4 is 14.8 Å². The molecule has 0 saturated heterocycles. The number of hydrogen-bond acceptors (Lipinski definition) is 4. The number of benzene rings is 1. The van der Waals surface area contributed by atoms with E-state index in [0.29, 0.717) is 53.9 Å².